The van der Waals surface area contributed by atoms with Crippen LogP contribution < -0.4 is 0 Å². The molecule has 4 unspecified atom stereocenters. The normalized spacial score (nSPS) is 40.1. The predicted octanol–water partition coefficient (Wildman–Crippen LogP) is 1.42. The molecule has 0 saturated heterocycles. The van der Waals surface area contributed by atoms with Crippen LogP contribution in [-0.4, -0.2) is 17.3 Å². The van der Waals surface area contributed by atoms with Crippen LogP contribution in [0.4, 0.5) is 0 Å². The van der Waals surface area contributed by atoms with Crippen LogP contribution in [0.5, 0.6) is 0 Å². The van der Waals surface area contributed by atoms with Gasteiger partial charge in [0, 0.05) is 17.8 Å². The van der Waals surface area contributed by atoms with Crippen LogP contribution in [0, 0.1) is 29.6 Å². The van der Waals surface area contributed by atoms with Gasteiger partial charge in [0.15, 0.2) is 0 Å². The van der Waals surface area contributed by atoms with E-state index in [1.54, 1.807) is 6.92 Å². The van der Waals surface area contributed by atoms with Gasteiger partial charge in [-0.05, 0) is 32.6 Å². The average Bonchev–Trinajstić information content (AvgIpc) is 2.70. The SMILES string of the molecule is CC(=O)C1C2C=CC1C(C(C)=O)C2C(C)=O. The van der Waals surface area contributed by atoms with E-state index in [1.165, 1.54) is 13.8 Å². The average molecular weight is 220 g/mol. The lowest BCUT2D eigenvalue weighted by atomic mass is 9.79. The molecule has 0 spiro atoms. The number of hydrogen-bond donors (Lipinski definition) is 0. The third-order valence-corrected chi connectivity index (χ3v) is 4.01. The molecule has 0 aromatic heterocycles. The molecule has 1 saturated carbocycles. The van der Waals surface area contributed by atoms with E-state index in [1.807, 2.05) is 12.2 Å². The molecule has 3 nitrogen and oxygen atoms in total. The largest absolute Gasteiger partial charge is 0.300 e. The maximum Gasteiger partial charge on any atom is 0.134 e. The van der Waals surface area contributed by atoms with Crippen molar-refractivity contribution in [1.29, 1.82) is 0 Å². The summed E-state index contributed by atoms with van der Waals surface area (Å²) in [6.07, 6.45) is 3.89. The fourth-order valence-corrected chi connectivity index (χ4v) is 3.51. The molecule has 0 amide bonds. The minimum atomic E-state index is -0.276. The first-order chi connectivity index (χ1) is 7.45. The quantitative estimate of drug-likeness (QED) is 0.676. The van der Waals surface area contributed by atoms with Gasteiger partial charge in [-0.25, -0.2) is 0 Å². The van der Waals surface area contributed by atoms with E-state index in [4.69, 9.17) is 0 Å². The fraction of sp³-hybridized carbons (Fsp3) is 0.615. The van der Waals surface area contributed by atoms with Gasteiger partial charge in [0.05, 0.1) is 0 Å². The fourth-order valence-electron chi connectivity index (χ4n) is 3.51. The van der Waals surface area contributed by atoms with Crippen molar-refractivity contribution in [2.75, 3.05) is 0 Å². The molecular weight excluding hydrogens is 204 g/mol. The second-order valence-electron chi connectivity index (χ2n) is 4.95. The van der Waals surface area contributed by atoms with Gasteiger partial charge in [-0.2, -0.15) is 0 Å². The molecule has 2 aliphatic rings. The number of allylic oxidation sites excluding steroid dienone is 2. The van der Waals surface area contributed by atoms with Crippen LogP contribution in [-0.2, 0) is 14.4 Å². The third kappa shape index (κ3) is 1.38. The van der Waals surface area contributed by atoms with Gasteiger partial charge in [0.25, 0.3) is 0 Å². The molecular formula is C13H16O3. The van der Waals surface area contributed by atoms with E-state index in [2.05, 4.69) is 0 Å². The number of hydrogen-bond acceptors (Lipinski definition) is 3. The zero-order chi connectivity index (χ0) is 12.0. The molecule has 2 bridgehead atoms. The predicted molar refractivity (Wildman–Crippen MR) is 58.6 cm³/mol. The zero-order valence-corrected chi connectivity index (χ0v) is 9.77. The van der Waals surface area contributed by atoms with E-state index in [0.29, 0.717) is 0 Å². The van der Waals surface area contributed by atoms with E-state index in [9.17, 15) is 14.4 Å². The van der Waals surface area contributed by atoms with Crippen LogP contribution in [0.1, 0.15) is 20.8 Å². The van der Waals surface area contributed by atoms with E-state index >= 15 is 0 Å². The molecule has 86 valence electrons. The van der Waals surface area contributed by atoms with Crippen LogP contribution in [0.25, 0.3) is 0 Å². The first kappa shape index (κ1) is 11.2. The summed E-state index contributed by atoms with van der Waals surface area (Å²) in [4.78, 5) is 34.8. The highest BCUT2D eigenvalue weighted by atomic mass is 16.1. The number of rotatable bonds is 3. The summed E-state index contributed by atoms with van der Waals surface area (Å²) in [5.41, 5.74) is 0. The lowest BCUT2D eigenvalue weighted by Crippen LogP contribution is -2.30. The molecule has 0 N–H and O–H groups in total. The second kappa shape index (κ2) is 3.65. The van der Waals surface area contributed by atoms with Crippen LogP contribution in [0.2, 0.25) is 0 Å². The molecule has 0 heterocycles. The Kier molecular flexibility index (Phi) is 2.56. The zero-order valence-electron chi connectivity index (χ0n) is 9.77. The van der Waals surface area contributed by atoms with E-state index in [-0.39, 0.29) is 46.9 Å². The number of carbonyl (C=O) groups is 3. The first-order valence-electron chi connectivity index (χ1n) is 5.65. The van der Waals surface area contributed by atoms with E-state index in [0.717, 1.165) is 0 Å². The summed E-state index contributed by atoms with van der Waals surface area (Å²) in [5, 5.41) is 0. The van der Waals surface area contributed by atoms with Gasteiger partial charge in [-0.15, -0.1) is 0 Å². The molecule has 0 aliphatic heterocycles. The summed E-state index contributed by atoms with van der Waals surface area (Å²) < 4.78 is 0. The molecule has 16 heavy (non-hydrogen) atoms. The number of ketones is 3. The molecule has 1 fully saturated rings. The highest BCUT2D eigenvalue weighted by Gasteiger charge is 2.56. The molecule has 2 rings (SSSR count). The van der Waals surface area contributed by atoms with Gasteiger partial charge in [0.1, 0.15) is 17.3 Å². The lowest BCUT2D eigenvalue weighted by molar-refractivity contribution is -0.130. The number of carbonyl (C=O) groups excluding carboxylic acids is 3. The Morgan fingerprint density at radius 3 is 1.25 bits per heavy atom. The Hall–Kier alpha value is -1.25. The Bertz CT molecular complexity index is 364. The molecule has 0 radical (unpaired) electrons. The van der Waals surface area contributed by atoms with Crippen molar-refractivity contribution >= 4 is 17.3 Å². The smallest absolute Gasteiger partial charge is 0.134 e. The standard InChI is InChI=1S/C13H16O3/c1-6(14)11-9-4-5-10(11)13(8(3)16)12(9)7(2)15/h4-5,9-13H,1-3H3. The van der Waals surface area contributed by atoms with Crippen molar-refractivity contribution in [3.8, 4) is 0 Å². The van der Waals surface area contributed by atoms with Gasteiger partial charge in [-0.1, -0.05) is 12.2 Å². The summed E-state index contributed by atoms with van der Waals surface area (Å²) >= 11 is 0. The molecule has 3 heteroatoms. The maximum absolute atomic E-state index is 11.6. The Morgan fingerprint density at radius 1 is 0.688 bits per heavy atom. The minimum Gasteiger partial charge on any atom is -0.300 e. The molecule has 0 aromatic carbocycles. The lowest BCUT2D eigenvalue weighted by Gasteiger charge is -2.22. The maximum atomic E-state index is 11.6. The van der Waals surface area contributed by atoms with Crippen molar-refractivity contribution in [2.24, 2.45) is 29.6 Å². The summed E-state index contributed by atoms with van der Waals surface area (Å²) in [6, 6.07) is 0. The van der Waals surface area contributed by atoms with Crippen molar-refractivity contribution in [2.45, 2.75) is 20.8 Å². The molecule has 0 aromatic rings. The van der Waals surface area contributed by atoms with Gasteiger partial charge >= 0.3 is 0 Å². The second-order valence-corrected chi connectivity index (χ2v) is 4.95. The number of Topliss-reactive ketones (excluding diaryl/α,β-unsaturated/α-hetero) is 3. The Morgan fingerprint density at radius 2 is 1.00 bits per heavy atom. The van der Waals surface area contributed by atoms with Crippen molar-refractivity contribution in [1.82, 2.24) is 0 Å². The van der Waals surface area contributed by atoms with E-state index < -0.39 is 0 Å². The van der Waals surface area contributed by atoms with Crippen LogP contribution >= 0.6 is 0 Å². The molecule has 2 aliphatic carbocycles. The van der Waals surface area contributed by atoms with Crippen LogP contribution in [0.3, 0.4) is 0 Å². The van der Waals surface area contributed by atoms with Gasteiger partial charge in [0.2, 0.25) is 0 Å². The highest BCUT2D eigenvalue weighted by molar-refractivity contribution is 5.92. The Labute approximate surface area is 94.9 Å². The Balaban J connectivity index is 2.41. The van der Waals surface area contributed by atoms with Crippen LogP contribution in [0.15, 0.2) is 12.2 Å². The number of fused-ring (bicyclic) bond motifs is 2. The summed E-state index contributed by atoms with van der Waals surface area (Å²) in [7, 11) is 0. The van der Waals surface area contributed by atoms with Crippen molar-refractivity contribution < 1.29 is 14.4 Å². The topological polar surface area (TPSA) is 51.2 Å². The third-order valence-electron chi connectivity index (χ3n) is 4.01. The van der Waals surface area contributed by atoms with Crippen molar-refractivity contribution in [3.05, 3.63) is 12.2 Å². The summed E-state index contributed by atoms with van der Waals surface area (Å²) in [6.45, 7) is 4.59. The highest BCUT2D eigenvalue weighted by Crippen LogP contribution is 2.53. The monoisotopic (exact) mass is 220 g/mol. The van der Waals surface area contributed by atoms with Gasteiger partial charge in [-0.3, -0.25) is 14.4 Å². The first-order valence-corrected chi connectivity index (χ1v) is 5.65. The summed E-state index contributed by atoms with van der Waals surface area (Å²) in [5.74, 6) is -0.644. The molecule has 4 atom stereocenters. The van der Waals surface area contributed by atoms with Crippen molar-refractivity contribution in [3.63, 3.8) is 0 Å². The van der Waals surface area contributed by atoms with Gasteiger partial charge < -0.3 is 0 Å². The minimum absolute atomic E-state index is 0.0308.